The van der Waals surface area contributed by atoms with Gasteiger partial charge < -0.3 is 10.1 Å². The number of Topliss-reactive ketones (excluding diaryl/α,β-unsaturated/α-hetero) is 1. The number of rotatable bonds is 10. The minimum absolute atomic E-state index is 0.213. The number of hydrogen-bond acceptors (Lipinski definition) is 4. The molecule has 0 aliphatic heterocycles. The van der Waals surface area contributed by atoms with Crippen molar-refractivity contribution in [2.45, 2.75) is 45.6 Å². The van der Waals surface area contributed by atoms with Crippen LogP contribution < -0.4 is 5.32 Å². The molecule has 1 atom stereocenters. The molecule has 0 aliphatic carbocycles. The van der Waals surface area contributed by atoms with Gasteiger partial charge in [0.05, 0.1) is 7.11 Å². The van der Waals surface area contributed by atoms with Crippen molar-refractivity contribution in [2.24, 2.45) is 5.92 Å². The van der Waals surface area contributed by atoms with Crippen LogP contribution in [0.5, 0.6) is 0 Å². The van der Waals surface area contributed by atoms with Gasteiger partial charge in [-0.15, -0.1) is 0 Å². The van der Waals surface area contributed by atoms with Crippen LogP contribution in [0.1, 0.15) is 38.7 Å². The molecule has 0 fully saturated rings. The monoisotopic (exact) mass is 305 g/mol. The zero-order chi connectivity index (χ0) is 16.4. The maximum absolute atomic E-state index is 11.9. The quantitative estimate of drug-likeness (QED) is 0.675. The molecule has 0 unspecified atom stereocenters. The van der Waals surface area contributed by atoms with Gasteiger partial charge in [0, 0.05) is 19.4 Å². The van der Waals surface area contributed by atoms with Gasteiger partial charge in [-0.2, -0.15) is 0 Å². The van der Waals surface area contributed by atoms with Crippen LogP contribution in [-0.2, 0) is 20.7 Å². The third-order valence-corrected chi connectivity index (χ3v) is 3.52. The van der Waals surface area contributed by atoms with Crippen LogP contribution in [-0.4, -0.2) is 31.4 Å². The lowest BCUT2D eigenvalue weighted by atomic mass is 10.0. The van der Waals surface area contributed by atoms with E-state index >= 15 is 0 Å². The molecule has 22 heavy (non-hydrogen) atoms. The van der Waals surface area contributed by atoms with Crippen LogP contribution in [0.2, 0.25) is 0 Å². The van der Waals surface area contributed by atoms with E-state index in [0.717, 1.165) is 6.42 Å². The molecule has 0 aliphatic rings. The molecule has 1 N–H and O–H groups in total. The minimum atomic E-state index is -0.327. The average Bonchev–Trinajstić information content (AvgIpc) is 2.51. The Labute approximate surface area is 133 Å². The van der Waals surface area contributed by atoms with Crippen molar-refractivity contribution < 1.29 is 14.3 Å². The van der Waals surface area contributed by atoms with E-state index in [9.17, 15) is 9.59 Å². The highest BCUT2D eigenvalue weighted by Gasteiger charge is 2.19. The molecular formula is C18H27NO3. The molecule has 1 aromatic carbocycles. The third-order valence-electron chi connectivity index (χ3n) is 3.52. The summed E-state index contributed by atoms with van der Waals surface area (Å²) in [6.07, 6.45) is 2.47. The van der Waals surface area contributed by atoms with Gasteiger partial charge in [-0.3, -0.25) is 9.59 Å². The maximum atomic E-state index is 11.9. The summed E-state index contributed by atoms with van der Waals surface area (Å²) < 4.78 is 4.79. The number of nitrogens with one attached hydrogen (secondary N) is 1. The van der Waals surface area contributed by atoms with E-state index < -0.39 is 0 Å². The Morgan fingerprint density at radius 1 is 1.14 bits per heavy atom. The number of ketones is 1. The highest BCUT2D eigenvalue weighted by atomic mass is 16.5. The van der Waals surface area contributed by atoms with Crippen LogP contribution in [0.25, 0.3) is 0 Å². The van der Waals surface area contributed by atoms with E-state index in [2.05, 4.69) is 19.2 Å². The summed E-state index contributed by atoms with van der Waals surface area (Å²) in [5, 5.41) is 3.14. The fraction of sp³-hybridized carbons (Fsp3) is 0.556. The standard InChI is InChI=1S/C18H27NO3/c1-14(2)13-17(18(21)22-3)19-12-11-16(20)10-9-15-7-5-4-6-8-15/h4-8,14,17,19H,9-13H2,1-3H3/t17-/m1/s1. The Balaban J connectivity index is 2.28. The van der Waals surface area contributed by atoms with Gasteiger partial charge in [-0.25, -0.2) is 0 Å². The normalized spacial score (nSPS) is 12.2. The number of carbonyl (C=O) groups is 2. The summed E-state index contributed by atoms with van der Waals surface area (Å²) in [6, 6.07) is 9.66. The molecule has 0 saturated heterocycles. The lowest BCUT2D eigenvalue weighted by molar-refractivity contribution is -0.143. The molecule has 0 aromatic heterocycles. The minimum Gasteiger partial charge on any atom is -0.468 e. The lowest BCUT2D eigenvalue weighted by Crippen LogP contribution is -2.39. The Hall–Kier alpha value is -1.68. The van der Waals surface area contributed by atoms with Crippen molar-refractivity contribution in [1.82, 2.24) is 5.32 Å². The molecule has 1 rings (SSSR count). The first kappa shape index (κ1) is 18.4. The molecule has 4 heteroatoms. The number of carbonyl (C=O) groups excluding carboxylic acids is 2. The molecule has 0 bridgehead atoms. The van der Waals surface area contributed by atoms with Gasteiger partial charge in [-0.05, 0) is 24.3 Å². The molecule has 0 amide bonds. The van der Waals surface area contributed by atoms with Crippen molar-refractivity contribution in [3.05, 3.63) is 35.9 Å². The van der Waals surface area contributed by atoms with E-state index in [4.69, 9.17) is 4.74 Å². The van der Waals surface area contributed by atoms with E-state index in [0.29, 0.717) is 31.7 Å². The molecule has 1 aromatic rings. The van der Waals surface area contributed by atoms with Gasteiger partial charge in [0.2, 0.25) is 0 Å². The van der Waals surface area contributed by atoms with Gasteiger partial charge in [0.15, 0.2) is 0 Å². The topological polar surface area (TPSA) is 55.4 Å². The molecule has 4 nitrogen and oxygen atoms in total. The van der Waals surface area contributed by atoms with Crippen molar-refractivity contribution in [3.63, 3.8) is 0 Å². The SMILES string of the molecule is COC(=O)[C@@H](CC(C)C)NCCC(=O)CCc1ccccc1. The van der Waals surface area contributed by atoms with Crippen LogP contribution in [0, 0.1) is 5.92 Å². The highest BCUT2D eigenvalue weighted by Crippen LogP contribution is 2.07. The predicted octanol–water partition coefficient (Wildman–Crippen LogP) is 2.76. The van der Waals surface area contributed by atoms with Gasteiger partial charge in [0.25, 0.3) is 0 Å². The van der Waals surface area contributed by atoms with Crippen LogP contribution in [0.4, 0.5) is 0 Å². The summed E-state index contributed by atoms with van der Waals surface area (Å²) in [5.74, 6) is 0.348. The van der Waals surface area contributed by atoms with Crippen molar-refractivity contribution in [2.75, 3.05) is 13.7 Å². The van der Waals surface area contributed by atoms with Crippen molar-refractivity contribution >= 4 is 11.8 Å². The van der Waals surface area contributed by atoms with Crippen LogP contribution in [0.3, 0.4) is 0 Å². The summed E-state index contributed by atoms with van der Waals surface area (Å²) in [7, 11) is 1.39. The number of benzene rings is 1. The predicted molar refractivity (Wildman–Crippen MR) is 87.6 cm³/mol. The number of aryl methyl sites for hydroxylation is 1. The average molecular weight is 305 g/mol. The van der Waals surface area contributed by atoms with Crippen LogP contribution >= 0.6 is 0 Å². The fourth-order valence-corrected chi connectivity index (χ4v) is 2.32. The van der Waals surface area contributed by atoms with Gasteiger partial charge in [-0.1, -0.05) is 44.2 Å². The second-order valence-corrected chi connectivity index (χ2v) is 5.93. The number of methoxy groups -OCH3 is 1. The first-order valence-electron chi connectivity index (χ1n) is 7.89. The van der Waals surface area contributed by atoms with Crippen molar-refractivity contribution in [3.8, 4) is 0 Å². The second-order valence-electron chi connectivity index (χ2n) is 5.93. The Morgan fingerprint density at radius 2 is 1.82 bits per heavy atom. The molecular weight excluding hydrogens is 278 g/mol. The Bertz CT molecular complexity index is 457. The van der Waals surface area contributed by atoms with E-state index in [1.807, 2.05) is 30.3 Å². The molecule has 122 valence electrons. The third kappa shape index (κ3) is 7.36. The first-order chi connectivity index (χ1) is 10.5. The van der Waals surface area contributed by atoms with Crippen LogP contribution in [0.15, 0.2) is 30.3 Å². The molecule has 0 spiro atoms. The van der Waals surface area contributed by atoms with Gasteiger partial charge >= 0.3 is 5.97 Å². The molecule has 0 radical (unpaired) electrons. The number of hydrogen-bond donors (Lipinski definition) is 1. The summed E-state index contributed by atoms with van der Waals surface area (Å²) in [6.45, 7) is 4.63. The Kier molecular flexibility index (Phi) is 8.44. The zero-order valence-corrected chi connectivity index (χ0v) is 13.8. The van der Waals surface area contributed by atoms with E-state index in [-0.39, 0.29) is 17.8 Å². The smallest absolute Gasteiger partial charge is 0.322 e. The van der Waals surface area contributed by atoms with E-state index in [1.165, 1.54) is 12.7 Å². The number of ether oxygens (including phenoxy) is 1. The zero-order valence-electron chi connectivity index (χ0n) is 13.8. The first-order valence-corrected chi connectivity index (χ1v) is 7.89. The lowest BCUT2D eigenvalue weighted by Gasteiger charge is -2.18. The largest absolute Gasteiger partial charge is 0.468 e. The van der Waals surface area contributed by atoms with Gasteiger partial charge in [0.1, 0.15) is 11.8 Å². The molecule has 0 saturated carbocycles. The summed E-state index contributed by atoms with van der Waals surface area (Å²) >= 11 is 0. The highest BCUT2D eigenvalue weighted by molar-refractivity contribution is 5.79. The van der Waals surface area contributed by atoms with Crippen molar-refractivity contribution in [1.29, 1.82) is 0 Å². The number of esters is 1. The maximum Gasteiger partial charge on any atom is 0.322 e. The fourth-order valence-electron chi connectivity index (χ4n) is 2.32. The summed E-state index contributed by atoms with van der Waals surface area (Å²) in [4.78, 5) is 23.6. The Morgan fingerprint density at radius 3 is 2.41 bits per heavy atom. The molecule has 0 heterocycles. The van der Waals surface area contributed by atoms with E-state index in [1.54, 1.807) is 0 Å². The second kappa shape index (κ2) is 10.1. The summed E-state index contributed by atoms with van der Waals surface area (Å²) in [5.41, 5.74) is 1.18.